The van der Waals surface area contributed by atoms with Crippen LogP contribution < -0.4 is 10.1 Å². The van der Waals surface area contributed by atoms with Crippen molar-refractivity contribution < 1.29 is 28.9 Å². The Bertz CT molecular complexity index is 904. The van der Waals surface area contributed by atoms with Crippen LogP contribution in [0, 0.1) is 0 Å². The van der Waals surface area contributed by atoms with Crippen molar-refractivity contribution >= 4 is 11.9 Å². The smallest absolute Gasteiger partial charge is 0.327 e. The van der Waals surface area contributed by atoms with E-state index < -0.39 is 29.9 Å². The summed E-state index contributed by atoms with van der Waals surface area (Å²) >= 11 is 0. The van der Waals surface area contributed by atoms with Crippen LogP contribution in [0.2, 0.25) is 0 Å². The number of amides is 3. The van der Waals surface area contributed by atoms with Gasteiger partial charge in [0.2, 0.25) is 5.72 Å². The lowest BCUT2D eigenvalue weighted by Gasteiger charge is -2.21. The topological polar surface area (TPSA) is 97.3 Å². The number of nitrogens with one attached hydrogen (secondary N) is 1. The Morgan fingerprint density at radius 3 is 2.57 bits per heavy atom. The van der Waals surface area contributed by atoms with Crippen molar-refractivity contribution in [2.24, 2.45) is 0 Å². The van der Waals surface area contributed by atoms with Gasteiger partial charge in [0.1, 0.15) is 11.9 Å². The van der Waals surface area contributed by atoms with Crippen molar-refractivity contribution in [3.63, 3.8) is 0 Å². The molecule has 2 aromatic carbocycles. The second-order valence-corrected chi connectivity index (χ2v) is 7.43. The van der Waals surface area contributed by atoms with Crippen LogP contribution in [0.5, 0.6) is 5.75 Å². The summed E-state index contributed by atoms with van der Waals surface area (Å²) in [5, 5.41) is 13.0. The third-order valence-electron chi connectivity index (χ3n) is 5.32. The van der Waals surface area contributed by atoms with Gasteiger partial charge in [0.05, 0.1) is 33.0 Å². The molecular formula is C22H24N2O6. The van der Waals surface area contributed by atoms with Gasteiger partial charge in [-0.25, -0.2) is 4.79 Å². The Morgan fingerprint density at radius 1 is 1.13 bits per heavy atom. The normalized spacial score (nSPS) is 25.7. The number of rotatable bonds is 7. The van der Waals surface area contributed by atoms with E-state index in [1.54, 1.807) is 31.4 Å². The van der Waals surface area contributed by atoms with E-state index >= 15 is 0 Å². The summed E-state index contributed by atoms with van der Waals surface area (Å²) in [6, 6.07) is 16.2. The molecule has 2 aliphatic heterocycles. The van der Waals surface area contributed by atoms with Crippen molar-refractivity contribution in [1.82, 2.24) is 10.2 Å². The van der Waals surface area contributed by atoms with Gasteiger partial charge in [0.15, 0.2) is 0 Å². The van der Waals surface area contributed by atoms with E-state index in [1.807, 2.05) is 30.3 Å². The first-order valence-electron chi connectivity index (χ1n) is 9.75. The molecule has 1 spiro atoms. The zero-order chi connectivity index (χ0) is 21.1. The largest absolute Gasteiger partial charge is 0.497 e. The summed E-state index contributed by atoms with van der Waals surface area (Å²) in [5.41, 5.74) is 0.220. The number of benzene rings is 2. The number of aliphatic hydroxyl groups is 1. The molecule has 2 N–H and O–H groups in total. The molecule has 0 saturated carbocycles. The van der Waals surface area contributed by atoms with E-state index in [0.29, 0.717) is 12.4 Å². The predicted molar refractivity (Wildman–Crippen MR) is 106 cm³/mol. The van der Waals surface area contributed by atoms with Gasteiger partial charge in [0, 0.05) is 6.42 Å². The predicted octanol–water partition coefficient (Wildman–Crippen LogP) is 1.81. The highest BCUT2D eigenvalue weighted by Crippen LogP contribution is 2.35. The summed E-state index contributed by atoms with van der Waals surface area (Å²) < 4.78 is 16.6. The first-order chi connectivity index (χ1) is 14.5. The standard InChI is InChI=1S/C22H24N2O6/c1-28-17-9-7-15(8-10-17)12-24-20(26)22(23-21(24)27)11-18(25)19(30-22)14-29-13-16-5-3-2-4-6-16/h2-10,18-19,25H,11-14H2,1H3,(H,23,27)/t18-,19+,22+/m0/s1. The molecule has 2 heterocycles. The van der Waals surface area contributed by atoms with Crippen LogP contribution in [0.4, 0.5) is 4.79 Å². The SMILES string of the molecule is COc1ccc(CN2C(=O)N[C@@]3(C[C@H](O)[C@@H](COCc4ccccc4)O3)C2=O)cc1. The minimum absolute atomic E-state index is 0.0178. The number of methoxy groups -OCH3 is 1. The van der Waals surface area contributed by atoms with Crippen LogP contribution in [-0.4, -0.2) is 53.6 Å². The van der Waals surface area contributed by atoms with Crippen molar-refractivity contribution in [2.45, 2.75) is 37.5 Å². The molecule has 30 heavy (non-hydrogen) atoms. The summed E-state index contributed by atoms with van der Waals surface area (Å²) in [6.07, 6.45) is -1.65. The fourth-order valence-corrected chi connectivity index (χ4v) is 3.70. The van der Waals surface area contributed by atoms with E-state index in [1.165, 1.54) is 0 Å². The van der Waals surface area contributed by atoms with Gasteiger partial charge in [-0.05, 0) is 23.3 Å². The molecule has 2 fully saturated rings. The van der Waals surface area contributed by atoms with Crippen LogP contribution >= 0.6 is 0 Å². The number of carbonyl (C=O) groups is 2. The van der Waals surface area contributed by atoms with E-state index in [9.17, 15) is 14.7 Å². The molecule has 0 bridgehead atoms. The zero-order valence-corrected chi connectivity index (χ0v) is 16.6. The quantitative estimate of drug-likeness (QED) is 0.674. The molecular weight excluding hydrogens is 388 g/mol. The number of nitrogens with zero attached hydrogens (tertiary/aromatic N) is 1. The maximum absolute atomic E-state index is 13.0. The van der Waals surface area contributed by atoms with Crippen molar-refractivity contribution in [3.05, 3.63) is 65.7 Å². The number of carbonyl (C=O) groups excluding carboxylic acids is 2. The summed E-state index contributed by atoms with van der Waals surface area (Å²) in [4.78, 5) is 26.6. The first-order valence-corrected chi connectivity index (χ1v) is 9.75. The Kier molecular flexibility index (Phi) is 5.72. The van der Waals surface area contributed by atoms with Crippen molar-refractivity contribution in [1.29, 1.82) is 0 Å². The van der Waals surface area contributed by atoms with E-state index in [0.717, 1.165) is 16.0 Å². The molecule has 3 amide bonds. The lowest BCUT2D eigenvalue weighted by atomic mass is 10.1. The molecule has 2 aliphatic rings. The second-order valence-electron chi connectivity index (χ2n) is 7.43. The van der Waals surface area contributed by atoms with Gasteiger partial charge in [-0.1, -0.05) is 42.5 Å². The van der Waals surface area contributed by atoms with E-state index in [4.69, 9.17) is 14.2 Å². The van der Waals surface area contributed by atoms with E-state index in [-0.39, 0.29) is 19.6 Å². The number of imide groups is 1. The molecule has 3 atom stereocenters. The molecule has 4 rings (SSSR count). The Labute approximate surface area is 174 Å². The minimum atomic E-state index is -1.55. The third kappa shape index (κ3) is 4.02. The van der Waals surface area contributed by atoms with Crippen LogP contribution in [-0.2, 0) is 27.4 Å². The molecule has 8 nitrogen and oxygen atoms in total. The van der Waals surface area contributed by atoms with Crippen LogP contribution in [0.3, 0.4) is 0 Å². The maximum Gasteiger partial charge on any atom is 0.327 e. The number of aliphatic hydroxyl groups excluding tert-OH is 1. The Balaban J connectivity index is 1.38. The monoisotopic (exact) mass is 412 g/mol. The number of hydrogen-bond acceptors (Lipinski definition) is 6. The molecule has 0 aromatic heterocycles. The minimum Gasteiger partial charge on any atom is -0.497 e. The van der Waals surface area contributed by atoms with Gasteiger partial charge in [-0.3, -0.25) is 9.69 Å². The lowest BCUT2D eigenvalue weighted by Crippen LogP contribution is -2.47. The number of urea groups is 1. The average Bonchev–Trinajstić information content (AvgIpc) is 3.19. The molecule has 0 radical (unpaired) electrons. The number of ether oxygens (including phenoxy) is 3. The van der Waals surface area contributed by atoms with Gasteiger partial charge >= 0.3 is 6.03 Å². The highest BCUT2D eigenvalue weighted by Gasteiger charge is 2.59. The average molecular weight is 412 g/mol. The zero-order valence-electron chi connectivity index (χ0n) is 16.6. The van der Waals surface area contributed by atoms with Crippen LogP contribution in [0.15, 0.2) is 54.6 Å². The molecule has 2 aromatic rings. The van der Waals surface area contributed by atoms with Gasteiger partial charge in [-0.2, -0.15) is 0 Å². The van der Waals surface area contributed by atoms with Gasteiger partial charge in [-0.15, -0.1) is 0 Å². The lowest BCUT2D eigenvalue weighted by molar-refractivity contribution is -0.153. The second kappa shape index (κ2) is 8.43. The molecule has 158 valence electrons. The first kappa shape index (κ1) is 20.3. The molecule has 0 aliphatic carbocycles. The Hall–Kier alpha value is -2.94. The maximum atomic E-state index is 13.0. The van der Waals surface area contributed by atoms with Crippen LogP contribution in [0.1, 0.15) is 17.5 Å². The summed E-state index contributed by atoms with van der Waals surface area (Å²) in [5.74, 6) is 0.181. The third-order valence-corrected chi connectivity index (χ3v) is 5.32. The molecule has 0 unspecified atom stereocenters. The molecule has 8 heteroatoms. The van der Waals surface area contributed by atoms with Gasteiger partial charge in [0.25, 0.3) is 5.91 Å². The molecule has 2 saturated heterocycles. The van der Waals surface area contributed by atoms with Crippen molar-refractivity contribution in [3.8, 4) is 5.75 Å². The van der Waals surface area contributed by atoms with Crippen molar-refractivity contribution in [2.75, 3.05) is 13.7 Å². The summed E-state index contributed by atoms with van der Waals surface area (Å²) in [6.45, 7) is 0.578. The number of hydrogen-bond donors (Lipinski definition) is 2. The van der Waals surface area contributed by atoms with E-state index in [2.05, 4.69) is 5.32 Å². The van der Waals surface area contributed by atoms with Gasteiger partial charge < -0.3 is 24.6 Å². The highest BCUT2D eigenvalue weighted by atomic mass is 16.6. The fraction of sp³-hybridized carbons (Fsp3) is 0.364. The highest BCUT2D eigenvalue weighted by molar-refractivity contribution is 6.06. The Morgan fingerprint density at radius 2 is 1.87 bits per heavy atom. The summed E-state index contributed by atoms with van der Waals surface area (Å²) in [7, 11) is 1.57. The fourth-order valence-electron chi connectivity index (χ4n) is 3.70. The van der Waals surface area contributed by atoms with Crippen LogP contribution in [0.25, 0.3) is 0 Å².